The second-order valence-electron chi connectivity index (χ2n) is 7.73. The van der Waals surface area contributed by atoms with Gasteiger partial charge < -0.3 is 19.7 Å². The number of unbranched alkanes of at least 4 members (excludes halogenated alkanes) is 5. The molecule has 5 nitrogen and oxygen atoms in total. The van der Waals surface area contributed by atoms with Gasteiger partial charge in [0.1, 0.15) is 0 Å². The first-order valence-electron chi connectivity index (χ1n) is 11.0. The first-order valence-corrected chi connectivity index (χ1v) is 11.0. The molecule has 1 unspecified atom stereocenters. The number of carbonyl (C=O) groups excluding carboxylic acids is 1. The first kappa shape index (κ1) is 25.6. The quantitative estimate of drug-likeness (QED) is 0.226. The maximum atomic E-state index is 11.1. The van der Waals surface area contributed by atoms with E-state index in [1.165, 1.54) is 7.11 Å². The van der Waals surface area contributed by atoms with Crippen molar-refractivity contribution in [1.82, 2.24) is 0 Å². The summed E-state index contributed by atoms with van der Waals surface area (Å²) >= 11 is 0. The Bertz CT molecular complexity index is 499. The summed E-state index contributed by atoms with van der Waals surface area (Å²) in [4.78, 5) is 11.1. The highest BCUT2D eigenvalue weighted by Gasteiger charge is 2.40. The van der Waals surface area contributed by atoms with Crippen LogP contribution in [0.4, 0.5) is 0 Å². The monoisotopic (exact) mass is 408 g/mol. The molecule has 166 valence electrons. The number of aliphatic hydroxyl groups is 2. The second kappa shape index (κ2) is 16.4. The lowest BCUT2D eigenvalue weighted by Crippen LogP contribution is -2.22. The Morgan fingerprint density at radius 1 is 1.10 bits per heavy atom. The average molecular weight is 409 g/mol. The predicted molar refractivity (Wildman–Crippen MR) is 116 cm³/mol. The van der Waals surface area contributed by atoms with Crippen LogP contribution >= 0.6 is 0 Å². The largest absolute Gasteiger partial charge is 0.469 e. The number of hydrogen-bond acceptors (Lipinski definition) is 5. The molecular weight excluding hydrogens is 368 g/mol. The average Bonchev–Trinajstić information content (AvgIpc) is 3.02. The summed E-state index contributed by atoms with van der Waals surface area (Å²) in [6.45, 7) is 4.50. The third kappa shape index (κ3) is 10.8. The lowest BCUT2D eigenvalue weighted by Gasteiger charge is -2.21. The number of hydrogen-bond donors (Lipinski definition) is 2. The van der Waals surface area contributed by atoms with Crippen molar-refractivity contribution in [2.24, 2.45) is 11.8 Å². The summed E-state index contributed by atoms with van der Waals surface area (Å²) in [5, 5.41) is 19.4. The Balaban J connectivity index is 2.52. The van der Waals surface area contributed by atoms with Gasteiger partial charge in [0.15, 0.2) is 0 Å². The van der Waals surface area contributed by atoms with Crippen LogP contribution in [-0.2, 0) is 14.3 Å². The van der Waals surface area contributed by atoms with Gasteiger partial charge in [-0.2, -0.15) is 0 Å². The van der Waals surface area contributed by atoms with Gasteiger partial charge in [-0.15, -0.1) is 6.58 Å². The highest BCUT2D eigenvalue weighted by atomic mass is 16.5. The van der Waals surface area contributed by atoms with E-state index in [0.717, 1.165) is 51.4 Å². The van der Waals surface area contributed by atoms with Crippen molar-refractivity contribution in [3.05, 3.63) is 37.0 Å². The Kier molecular flexibility index (Phi) is 14.5. The number of methoxy groups -OCH3 is 1. The smallest absolute Gasteiger partial charge is 0.305 e. The molecule has 0 aromatic carbocycles. The van der Waals surface area contributed by atoms with E-state index in [4.69, 9.17) is 9.84 Å². The van der Waals surface area contributed by atoms with Crippen LogP contribution in [0.3, 0.4) is 0 Å². The number of rotatable bonds is 16. The van der Waals surface area contributed by atoms with Crippen LogP contribution in [0.15, 0.2) is 37.0 Å². The normalized spacial score (nSPS) is 24.5. The van der Waals surface area contributed by atoms with Crippen molar-refractivity contribution in [2.45, 2.75) is 76.4 Å². The molecule has 29 heavy (non-hydrogen) atoms. The fourth-order valence-corrected chi connectivity index (χ4v) is 3.87. The second-order valence-corrected chi connectivity index (χ2v) is 7.73. The lowest BCUT2D eigenvalue weighted by molar-refractivity contribution is -0.140. The van der Waals surface area contributed by atoms with Gasteiger partial charge in [0.05, 0.1) is 25.9 Å². The zero-order valence-corrected chi connectivity index (χ0v) is 18.0. The van der Waals surface area contributed by atoms with Crippen molar-refractivity contribution in [3.63, 3.8) is 0 Å². The fraction of sp³-hybridized carbons (Fsp3) is 0.708. The number of allylic oxidation sites excluding steroid dienone is 3. The highest BCUT2D eigenvalue weighted by Crippen LogP contribution is 2.38. The number of ether oxygens (including phenoxy) is 2. The third-order valence-electron chi connectivity index (χ3n) is 5.51. The summed E-state index contributed by atoms with van der Waals surface area (Å²) < 4.78 is 10.6. The molecule has 1 aliphatic carbocycles. The van der Waals surface area contributed by atoms with Crippen molar-refractivity contribution >= 4 is 5.97 Å². The van der Waals surface area contributed by atoms with Gasteiger partial charge in [-0.25, -0.2) is 0 Å². The van der Waals surface area contributed by atoms with E-state index in [-0.39, 0.29) is 36.6 Å². The van der Waals surface area contributed by atoms with Gasteiger partial charge in [0, 0.05) is 25.4 Å². The molecule has 5 heteroatoms. The Morgan fingerprint density at radius 2 is 1.86 bits per heavy atom. The van der Waals surface area contributed by atoms with Gasteiger partial charge in [-0.05, 0) is 44.4 Å². The molecule has 1 rings (SSSR count). The molecule has 1 saturated carbocycles. The molecule has 4 atom stereocenters. The van der Waals surface area contributed by atoms with E-state index >= 15 is 0 Å². The molecule has 2 N–H and O–H groups in total. The van der Waals surface area contributed by atoms with Crippen LogP contribution in [0.1, 0.15) is 64.2 Å². The maximum absolute atomic E-state index is 11.1. The van der Waals surface area contributed by atoms with Gasteiger partial charge in [0.2, 0.25) is 0 Å². The van der Waals surface area contributed by atoms with Crippen LogP contribution in [0, 0.1) is 11.8 Å². The molecule has 0 aromatic heterocycles. The molecule has 0 bridgehead atoms. The minimum atomic E-state index is -0.372. The zero-order valence-electron chi connectivity index (χ0n) is 18.0. The van der Waals surface area contributed by atoms with Gasteiger partial charge in [-0.1, -0.05) is 43.2 Å². The zero-order chi connectivity index (χ0) is 21.3. The Hall–Kier alpha value is -1.43. The molecule has 0 spiro atoms. The maximum Gasteiger partial charge on any atom is 0.305 e. The number of aliphatic hydroxyl groups excluding tert-OH is 2. The van der Waals surface area contributed by atoms with Crippen molar-refractivity contribution in [1.29, 1.82) is 0 Å². The first-order chi connectivity index (χ1) is 14.1. The molecule has 0 amide bonds. The van der Waals surface area contributed by atoms with Crippen LogP contribution in [0.5, 0.6) is 0 Å². The fourth-order valence-electron chi connectivity index (χ4n) is 3.87. The van der Waals surface area contributed by atoms with E-state index in [0.29, 0.717) is 19.4 Å². The molecular formula is C24H40O5. The molecule has 1 aliphatic rings. The summed E-state index contributed by atoms with van der Waals surface area (Å²) in [6.07, 6.45) is 18.8. The molecule has 0 heterocycles. The van der Waals surface area contributed by atoms with Gasteiger partial charge in [-0.3, -0.25) is 4.79 Å². The summed E-state index contributed by atoms with van der Waals surface area (Å²) in [6, 6.07) is 0. The van der Waals surface area contributed by atoms with Crippen molar-refractivity contribution < 1.29 is 24.5 Å². The van der Waals surface area contributed by atoms with Gasteiger partial charge >= 0.3 is 5.97 Å². The van der Waals surface area contributed by atoms with E-state index in [1.54, 1.807) is 6.08 Å². The molecule has 1 fully saturated rings. The number of carbonyl (C=O) groups is 1. The molecule has 0 aromatic rings. The van der Waals surface area contributed by atoms with E-state index in [1.807, 2.05) is 0 Å². The third-order valence-corrected chi connectivity index (χ3v) is 5.51. The van der Waals surface area contributed by atoms with E-state index in [2.05, 4.69) is 35.6 Å². The Morgan fingerprint density at radius 3 is 2.59 bits per heavy atom. The molecule has 0 aliphatic heterocycles. The summed E-state index contributed by atoms with van der Waals surface area (Å²) in [5.41, 5.74) is 0. The van der Waals surface area contributed by atoms with Crippen molar-refractivity contribution in [3.8, 4) is 0 Å². The molecule has 0 radical (unpaired) electrons. The standard InChI is InChI=1S/C24H40O5/c1-3-18-29-23-19-22(26)20(14-10-7-8-12-16-24(27)28-2)21(23)15-11-6-4-5-9-13-17-25/h3,7,10-11,15,20-23,25-26H,1,4-6,8-9,12-14,16-19H2,2H3/t20?,21-,22+,23-/m1/s1. The van der Waals surface area contributed by atoms with Crippen LogP contribution in [0.2, 0.25) is 0 Å². The minimum absolute atomic E-state index is 0.0198. The van der Waals surface area contributed by atoms with Crippen LogP contribution < -0.4 is 0 Å². The molecule has 0 saturated heterocycles. The topological polar surface area (TPSA) is 76.0 Å². The summed E-state index contributed by atoms with van der Waals surface area (Å²) in [7, 11) is 1.41. The van der Waals surface area contributed by atoms with Crippen LogP contribution in [0.25, 0.3) is 0 Å². The van der Waals surface area contributed by atoms with Gasteiger partial charge in [0.25, 0.3) is 0 Å². The Labute approximate surface area is 176 Å². The number of esters is 1. The van der Waals surface area contributed by atoms with E-state index in [9.17, 15) is 9.90 Å². The van der Waals surface area contributed by atoms with Crippen LogP contribution in [-0.4, -0.2) is 48.7 Å². The van der Waals surface area contributed by atoms with E-state index < -0.39 is 0 Å². The van der Waals surface area contributed by atoms with Crippen molar-refractivity contribution in [2.75, 3.05) is 20.3 Å². The summed E-state index contributed by atoms with van der Waals surface area (Å²) in [5.74, 6) is 0.169. The lowest BCUT2D eigenvalue weighted by atomic mass is 9.89. The highest BCUT2D eigenvalue weighted by molar-refractivity contribution is 5.69. The minimum Gasteiger partial charge on any atom is -0.469 e. The SMILES string of the molecule is C=CCO[C@@H]1C[C@H](O)C(CC=CCCCC(=O)OC)[C@H]1C=CCCCCCCO. The predicted octanol–water partition coefficient (Wildman–Crippen LogP) is 4.34.